The van der Waals surface area contributed by atoms with Gasteiger partial charge >= 0.3 is 5.97 Å². The van der Waals surface area contributed by atoms with Gasteiger partial charge in [-0.2, -0.15) is 0 Å². The summed E-state index contributed by atoms with van der Waals surface area (Å²) in [5.74, 6) is -0.802. The zero-order valence-electron chi connectivity index (χ0n) is 10.2. The number of aliphatic carboxylic acids is 1. The average molecular weight is 233 g/mol. The van der Waals surface area contributed by atoms with E-state index >= 15 is 0 Å². The van der Waals surface area contributed by atoms with Crippen molar-refractivity contribution in [3.63, 3.8) is 0 Å². The summed E-state index contributed by atoms with van der Waals surface area (Å²) in [7, 11) is 0. The Morgan fingerprint density at radius 2 is 2.18 bits per heavy atom. The summed E-state index contributed by atoms with van der Waals surface area (Å²) in [5, 5.41) is 13.8. The number of carbonyl (C=O) groups is 1. The Bertz CT molecular complexity index is 569. The van der Waals surface area contributed by atoms with E-state index in [9.17, 15) is 4.79 Å². The molecule has 0 saturated heterocycles. The predicted octanol–water partition coefficient (Wildman–Crippen LogP) is 2.89. The summed E-state index contributed by atoms with van der Waals surface area (Å²) in [6.07, 6.45) is 0.0889. The second kappa shape index (κ2) is 3.87. The quantitative estimate of drug-likeness (QED) is 0.885. The first-order valence-electron chi connectivity index (χ1n) is 5.48. The van der Waals surface area contributed by atoms with Gasteiger partial charge in [0.05, 0.1) is 12.1 Å². The smallest absolute Gasteiger partial charge is 0.304 e. The van der Waals surface area contributed by atoms with Crippen LogP contribution in [0.15, 0.2) is 22.7 Å². The molecule has 0 fully saturated rings. The largest absolute Gasteiger partial charge is 0.481 e. The van der Waals surface area contributed by atoms with E-state index in [2.05, 4.69) is 5.16 Å². The fraction of sp³-hybridized carbons (Fsp3) is 0.385. The molecule has 0 amide bonds. The lowest BCUT2D eigenvalue weighted by molar-refractivity contribution is -0.138. The zero-order chi connectivity index (χ0) is 12.6. The SMILES string of the molecule is Cc1noc2cc(C(C)(C)CC(=O)O)ccc12. The van der Waals surface area contributed by atoms with E-state index in [0.29, 0.717) is 5.58 Å². The van der Waals surface area contributed by atoms with Crippen LogP contribution in [0, 0.1) is 6.92 Å². The van der Waals surface area contributed by atoms with Gasteiger partial charge in [-0.25, -0.2) is 0 Å². The van der Waals surface area contributed by atoms with Crippen LogP contribution < -0.4 is 0 Å². The lowest BCUT2D eigenvalue weighted by atomic mass is 9.81. The Morgan fingerprint density at radius 3 is 2.82 bits per heavy atom. The minimum absolute atomic E-state index is 0.0889. The van der Waals surface area contributed by atoms with Crippen LogP contribution >= 0.6 is 0 Å². The number of aryl methyl sites for hydroxylation is 1. The van der Waals surface area contributed by atoms with Gasteiger partial charge in [-0.1, -0.05) is 25.1 Å². The molecule has 17 heavy (non-hydrogen) atoms. The molecule has 0 atom stereocenters. The summed E-state index contributed by atoms with van der Waals surface area (Å²) in [6.45, 7) is 5.70. The molecule has 1 aromatic carbocycles. The number of aromatic nitrogens is 1. The average Bonchev–Trinajstić information content (AvgIpc) is 2.58. The van der Waals surface area contributed by atoms with Crippen LogP contribution in [0.1, 0.15) is 31.5 Å². The molecule has 0 aliphatic carbocycles. The van der Waals surface area contributed by atoms with E-state index < -0.39 is 11.4 Å². The molecule has 4 nitrogen and oxygen atoms in total. The van der Waals surface area contributed by atoms with Gasteiger partial charge < -0.3 is 9.63 Å². The van der Waals surface area contributed by atoms with Crippen molar-refractivity contribution < 1.29 is 14.4 Å². The first-order valence-corrected chi connectivity index (χ1v) is 5.48. The third-order valence-electron chi connectivity index (χ3n) is 3.03. The fourth-order valence-corrected chi connectivity index (χ4v) is 1.96. The first-order chi connectivity index (χ1) is 7.90. The maximum atomic E-state index is 10.8. The lowest BCUT2D eigenvalue weighted by Crippen LogP contribution is -2.21. The molecule has 90 valence electrons. The number of fused-ring (bicyclic) bond motifs is 1. The highest BCUT2D eigenvalue weighted by Crippen LogP contribution is 2.30. The van der Waals surface area contributed by atoms with E-state index in [4.69, 9.17) is 9.63 Å². The van der Waals surface area contributed by atoms with Crippen molar-refractivity contribution in [3.8, 4) is 0 Å². The fourth-order valence-electron chi connectivity index (χ4n) is 1.96. The Labute approximate surface area is 99.2 Å². The molecule has 0 radical (unpaired) electrons. The minimum Gasteiger partial charge on any atom is -0.481 e. The number of nitrogens with zero attached hydrogens (tertiary/aromatic N) is 1. The van der Waals surface area contributed by atoms with Crippen molar-refractivity contribution in [2.24, 2.45) is 0 Å². The summed E-state index contributed by atoms with van der Waals surface area (Å²) in [6, 6.07) is 5.74. The topological polar surface area (TPSA) is 63.3 Å². The normalized spacial score (nSPS) is 11.9. The molecule has 0 saturated carbocycles. The van der Waals surface area contributed by atoms with Crippen molar-refractivity contribution in [1.29, 1.82) is 0 Å². The number of carboxylic acid groups (broad SMARTS) is 1. The lowest BCUT2D eigenvalue weighted by Gasteiger charge is -2.22. The molecular formula is C13H15NO3. The number of benzene rings is 1. The Hall–Kier alpha value is -1.84. The van der Waals surface area contributed by atoms with Crippen molar-refractivity contribution in [1.82, 2.24) is 5.16 Å². The molecule has 4 heteroatoms. The summed E-state index contributed by atoms with van der Waals surface area (Å²) in [5.41, 5.74) is 2.09. The summed E-state index contributed by atoms with van der Waals surface area (Å²) < 4.78 is 5.19. The molecule has 2 aromatic rings. The van der Waals surface area contributed by atoms with Gasteiger partial charge in [0, 0.05) is 10.8 Å². The highest BCUT2D eigenvalue weighted by molar-refractivity contribution is 5.80. The molecule has 0 bridgehead atoms. The van der Waals surface area contributed by atoms with Gasteiger partial charge in [-0.05, 0) is 24.6 Å². The Morgan fingerprint density at radius 1 is 1.47 bits per heavy atom. The second-order valence-corrected chi connectivity index (χ2v) is 4.93. The van der Waals surface area contributed by atoms with Crippen LogP contribution in [-0.2, 0) is 10.2 Å². The summed E-state index contributed by atoms with van der Waals surface area (Å²) in [4.78, 5) is 10.8. The van der Waals surface area contributed by atoms with E-state index in [1.807, 2.05) is 39.0 Å². The number of carboxylic acids is 1. The minimum atomic E-state index is -0.802. The third kappa shape index (κ3) is 2.16. The number of hydrogen-bond donors (Lipinski definition) is 1. The van der Waals surface area contributed by atoms with Gasteiger partial charge in [0.1, 0.15) is 0 Å². The molecular weight excluding hydrogens is 218 g/mol. The predicted molar refractivity (Wildman–Crippen MR) is 64.0 cm³/mol. The third-order valence-corrected chi connectivity index (χ3v) is 3.03. The highest BCUT2D eigenvalue weighted by atomic mass is 16.5. The molecule has 0 spiro atoms. The number of hydrogen-bond acceptors (Lipinski definition) is 3. The standard InChI is InChI=1S/C13H15NO3/c1-8-10-5-4-9(6-11(10)17-14-8)13(2,3)7-12(15)16/h4-6H,7H2,1-3H3,(H,15,16). The molecule has 1 N–H and O–H groups in total. The molecule has 0 aliphatic rings. The molecule has 0 unspecified atom stereocenters. The second-order valence-electron chi connectivity index (χ2n) is 4.93. The van der Waals surface area contributed by atoms with E-state index in [-0.39, 0.29) is 6.42 Å². The van der Waals surface area contributed by atoms with E-state index in [0.717, 1.165) is 16.6 Å². The van der Waals surface area contributed by atoms with Gasteiger partial charge in [0.2, 0.25) is 0 Å². The van der Waals surface area contributed by atoms with Gasteiger partial charge in [-0.3, -0.25) is 4.79 Å². The van der Waals surface area contributed by atoms with Gasteiger partial charge in [-0.15, -0.1) is 0 Å². The van der Waals surface area contributed by atoms with Crippen LogP contribution in [0.4, 0.5) is 0 Å². The van der Waals surface area contributed by atoms with Crippen LogP contribution in [-0.4, -0.2) is 16.2 Å². The zero-order valence-corrected chi connectivity index (χ0v) is 10.2. The Kier molecular flexibility index (Phi) is 2.65. The van der Waals surface area contributed by atoms with Crippen molar-refractivity contribution in [3.05, 3.63) is 29.5 Å². The maximum absolute atomic E-state index is 10.8. The van der Waals surface area contributed by atoms with E-state index in [1.165, 1.54) is 0 Å². The molecule has 0 aliphatic heterocycles. The monoisotopic (exact) mass is 233 g/mol. The molecule has 1 heterocycles. The van der Waals surface area contributed by atoms with Crippen LogP contribution in [0.2, 0.25) is 0 Å². The maximum Gasteiger partial charge on any atom is 0.304 e. The van der Waals surface area contributed by atoms with Crippen LogP contribution in [0.3, 0.4) is 0 Å². The van der Waals surface area contributed by atoms with Crippen LogP contribution in [0.25, 0.3) is 11.0 Å². The van der Waals surface area contributed by atoms with Crippen molar-refractivity contribution in [2.45, 2.75) is 32.6 Å². The highest BCUT2D eigenvalue weighted by Gasteiger charge is 2.24. The van der Waals surface area contributed by atoms with Crippen LogP contribution in [0.5, 0.6) is 0 Å². The first kappa shape index (κ1) is 11.6. The van der Waals surface area contributed by atoms with Crippen molar-refractivity contribution >= 4 is 16.9 Å². The molecule has 1 aromatic heterocycles. The van der Waals surface area contributed by atoms with E-state index in [1.54, 1.807) is 0 Å². The Balaban J connectivity index is 2.45. The van der Waals surface area contributed by atoms with Gasteiger partial charge in [0.15, 0.2) is 5.58 Å². The summed E-state index contributed by atoms with van der Waals surface area (Å²) >= 11 is 0. The van der Waals surface area contributed by atoms with Gasteiger partial charge in [0.25, 0.3) is 0 Å². The molecule has 2 rings (SSSR count). The number of rotatable bonds is 3. The van der Waals surface area contributed by atoms with Crippen molar-refractivity contribution in [2.75, 3.05) is 0 Å².